The van der Waals surface area contributed by atoms with Gasteiger partial charge in [-0.05, 0) is 60.8 Å². The topological polar surface area (TPSA) is 92.7 Å². The molecule has 2 atom stereocenters. The molecule has 0 spiro atoms. The highest BCUT2D eigenvalue weighted by Gasteiger charge is 2.37. The number of ether oxygens (including phenoxy) is 1. The lowest BCUT2D eigenvalue weighted by atomic mass is 9.90. The Morgan fingerprint density at radius 1 is 1.08 bits per heavy atom. The van der Waals surface area contributed by atoms with E-state index in [1.165, 1.54) is 6.92 Å². The summed E-state index contributed by atoms with van der Waals surface area (Å²) in [6.07, 6.45) is 3.62. The Kier molecular flexibility index (Phi) is 9.08. The minimum Gasteiger partial charge on any atom is -0.480 e. The molecule has 1 aliphatic carbocycles. The number of nitrogens with one attached hydrogen (secondary N) is 1. The van der Waals surface area contributed by atoms with E-state index in [1.54, 1.807) is 6.08 Å². The summed E-state index contributed by atoms with van der Waals surface area (Å²) in [4.78, 5) is 38.0. The minimum absolute atomic E-state index is 0.0566. The number of unbranched alkanes of at least 4 members (excludes halogenated alkanes) is 1. The van der Waals surface area contributed by atoms with Gasteiger partial charge >= 0.3 is 11.9 Å². The van der Waals surface area contributed by atoms with Crippen molar-refractivity contribution in [1.29, 1.82) is 0 Å². The molecule has 6 heteroatoms. The summed E-state index contributed by atoms with van der Waals surface area (Å²) < 4.78 is 5.71. The van der Waals surface area contributed by atoms with Crippen molar-refractivity contribution >= 4 is 17.8 Å². The average Bonchev–Trinajstić information content (AvgIpc) is 3.16. The van der Waals surface area contributed by atoms with Crippen molar-refractivity contribution in [1.82, 2.24) is 5.32 Å². The first kappa shape index (κ1) is 27.2. The molecule has 0 fully saturated rings. The van der Waals surface area contributed by atoms with Crippen LogP contribution in [-0.2, 0) is 19.1 Å². The van der Waals surface area contributed by atoms with Crippen LogP contribution < -0.4 is 5.32 Å². The van der Waals surface area contributed by atoms with Crippen LogP contribution in [0.5, 0.6) is 0 Å². The van der Waals surface area contributed by atoms with E-state index in [2.05, 4.69) is 36.2 Å². The van der Waals surface area contributed by atoms with Crippen molar-refractivity contribution in [2.75, 3.05) is 6.61 Å². The third kappa shape index (κ3) is 6.42. The zero-order valence-corrected chi connectivity index (χ0v) is 21.5. The van der Waals surface area contributed by atoms with Crippen molar-refractivity contribution in [3.8, 4) is 11.1 Å². The second-order valence-electron chi connectivity index (χ2n) is 10.2. The van der Waals surface area contributed by atoms with Gasteiger partial charge in [-0.25, -0.2) is 4.79 Å². The number of carboxylic acid groups (broad SMARTS) is 1. The molecule has 192 valence electrons. The quantitative estimate of drug-likeness (QED) is 0.213. The molecule has 0 saturated heterocycles. The van der Waals surface area contributed by atoms with Crippen LogP contribution in [0.3, 0.4) is 0 Å². The first-order valence-electron chi connectivity index (χ1n) is 12.7. The Labute approximate surface area is 213 Å². The largest absolute Gasteiger partial charge is 0.480 e. The van der Waals surface area contributed by atoms with Gasteiger partial charge in [0.05, 0.1) is 6.42 Å². The Morgan fingerprint density at radius 2 is 1.67 bits per heavy atom. The Hall–Kier alpha value is -3.41. The van der Waals surface area contributed by atoms with Crippen LogP contribution in [0.25, 0.3) is 11.1 Å². The lowest BCUT2D eigenvalue weighted by Gasteiger charge is -2.29. The molecule has 0 aliphatic heterocycles. The van der Waals surface area contributed by atoms with E-state index in [9.17, 15) is 19.5 Å². The summed E-state index contributed by atoms with van der Waals surface area (Å²) in [6, 6.07) is 16.2. The van der Waals surface area contributed by atoms with Crippen molar-refractivity contribution in [3.63, 3.8) is 0 Å². The van der Waals surface area contributed by atoms with E-state index in [4.69, 9.17) is 4.74 Å². The molecule has 6 nitrogen and oxygen atoms in total. The van der Waals surface area contributed by atoms with Crippen LogP contribution in [0, 0.1) is 11.8 Å². The zero-order chi connectivity index (χ0) is 26.3. The molecule has 3 rings (SSSR count). The number of hydrogen-bond acceptors (Lipinski definition) is 4. The van der Waals surface area contributed by atoms with Gasteiger partial charge in [0.25, 0.3) is 0 Å². The maximum atomic E-state index is 13.2. The van der Waals surface area contributed by atoms with Gasteiger partial charge in [-0.1, -0.05) is 68.5 Å². The number of rotatable bonds is 13. The fraction of sp³-hybridized carbons (Fsp3) is 0.433. The third-order valence-electron chi connectivity index (χ3n) is 6.87. The Morgan fingerprint density at radius 3 is 2.19 bits per heavy atom. The van der Waals surface area contributed by atoms with Gasteiger partial charge in [0.1, 0.15) is 12.1 Å². The van der Waals surface area contributed by atoms with Gasteiger partial charge < -0.3 is 15.2 Å². The number of hydrogen-bond donors (Lipinski definition) is 2. The van der Waals surface area contributed by atoms with Crippen LogP contribution in [0.4, 0.5) is 0 Å². The SMILES string of the molecule is C=CCCC[C@](C)(NC(=O)[C@H](CC(=O)OCC1c2ccccc2-c2ccccc21)CC(C)C)C(=O)O. The average molecular weight is 492 g/mol. The van der Waals surface area contributed by atoms with Crippen LogP contribution in [0.2, 0.25) is 0 Å². The fourth-order valence-corrected chi connectivity index (χ4v) is 4.92. The second-order valence-corrected chi connectivity index (χ2v) is 10.2. The van der Waals surface area contributed by atoms with E-state index < -0.39 is 29.3 Å². The first-order chi connectivity index (χ1) is 17.2. The molecule has 2 aromatic carbocycles. The van der Waals surface area contributed by atoms with Crippen molar-refractivity contribution in [2.24, 2.45) is 11.8 Å². The van der Waals surface area contributed by atoms with Gasteiger partial charge in [0.15, 0.2) is 0 Å². The number of fused-ring (bicyclic) bond motifs is 3. The number of allylic oxidation sites excluding steroid dienone is 1. The van der Waals surface area contributed by atoms with Gasteiger partial charge in [-0.15, -0.1) is 6.58 Å². The van der Waals surface area contributed by atoms with Gasteiger partial charge in [0.2, 0.25) is 5.91 Å². The van der Waals surface area contributed by atoms with E-state index in [0.717, 1.165) is 22.3 Å². The molecule has 0 heterocycles. The van der Waals surface area contributed by atoms with E-state index in [-0.39, 0.29) is 31.3 Å². The molecule has 1 aliphatic rings. The highest BCUT2D eigenvalue weighted by atomic mass is 16.5. The summed E-state index contributed by atoms with van der Waals surface area (Å²) in [5.41, 5.74) is 3.14. The normalized spacial score (nSPS) is 14.9. The molecular formula is C30H37NO5. The molecular weight excluding hydrogens is 454 g/mol. The molecule has 2 N–H and O–H groups in total. The molecule has 0 unspecified atom stereocenters. The lowest BCUT2D eigenvalue weighted by molar-refractivity contribution is -0.150. The first-order valence-corrected chi connectivity index (χ1v) is 12.7. The van der Waals surface area contributed by atoms with Crippen LogP contribution in [0.1, 0.15) is 69.9 Å². The molecule has 1 amide bonds. The zero-order valence-electron chi connectivity index (χ0n) is 21.5. The van der Waals surface area contributed by atoms with Gasteiger partial charge in [0, 0.05) is 11.8 Å². The van der Waals surface area contributed by atoms with E-state index >= 15 is 0 Å². The van der Waals surface area contributed by atoms with Crippen molar-refractivity contribution in [3.05, 3.63) is 72.3 Å². The monoisotopic (exact) mass is 491 g/mol. The molecule has 0 bridgehead atoms. The predicted octanol–water partition coefficient (Wildman–Crippen LogP) is 5.71. The number of carbonyl (C=O) groups excluding carboxylic acids is 2. The maximum absolute atomic E-state index is 13.2. The lowest BCUT2D eigenvalue weighted by Crippen LogP contribution is -2.54. The number of carbonyl (C=O) groups is 3. The Bertz CT molecular complexity index is 1060. The summed E-state index contributed by atoms with van der Waals surface area (Å²) in [6.45, 7) is 9.31. The molecule has 0 aromatic heterocycles. The molecule has 2 aromatic rings. The molecule has 36 heavy (non-hydrogen) atoms. The van der Waals surface area contributed by atoms with E-state index in [0.29, 0.717) is 19.3 Å². The smallest absolute Gasteiger partial charge is 0.329 e. The number of esters is 1. The summed E-state index contributed by atoms with van der Waals surface area (Å²) in [5.74, 6) is -2.55. The van der Waals surface area contributed by atoms with Gasteiger partial charge in [-0.2, -0.15) is 0 Å². The minimum atomic E-state index is -1.41. The summed E-state index contributed by atoms with van der Waals surface area (Å²) in [5, 5.41) is 12.5. The van der Waals surface area contributed by atoms with Crippen molar-refractivity contribution in [2.45, 2.75) is 64.3 Å². The second kappa shape index (κ2) is 12.0. The number of amides is 1. The van der Waals surface area contributed by atoms with Crippen LogP contribution in [-0.4, -0.2) is 35.1 Å². The number of benzene rings is 2. The fourth-order valence-electron chi connectivity index (χ4n) is 4.92. The highest BCUT2D eigenvalue weighted by Crippen LogP contribution is 2.44. The Balaban J connectivity index is 1.67. The van der Waals surface area contributed by atoms with Crippen LogP contribution in [0.15, 0.2) is 61.2 Å². The third-order valence-corrected chi connectivity index (χ3v) is 6.87. The highest BCUT2D eigenvalue weighted by molar-refractivity contribution is 5.89. The summed E-state index contributed by atoms with van der Waals surface area (Å²) in [7, 11) is 0. The number of aliphatic carboxylic acids is 1. The van der Waals surface area contributed by atoms with Crippen LogP contribution >= 0.6 is 0 Å². The van der Waals surface area contributed by atoms with E-state index in [1.807, 2.05) is 38.1 Å². The number of carboxylic acids is 1. The predicted molar refractivity (Wildman–Crippen MR) is 140 cm³/mol. The maximum Gasteiger partial charge on any atom is 0.329 e. The standard InChI is InChI=1S/C30H37NO5/c1-5-6-11-16-30(4,29(34)35)31-28(33)21(17-20(2)3)18-27(32)36-19-26-24-14-9-7-12-22(24)23-13-8-10-15-25(23)26/h5,7-10,12-15,20-21,26H,1,6,11,16-19H2,2-4H3,(H,31,33)(H,34,35)/t21-,30-/m0/s1. The van der Waals surface area contributed by atoms with Crippen molar-refractivity contribution < 1.29 is 24.2 Å². The molecule has 0 radical (unpaired) electrons. The summed E-state index contributed by atoms with van der Waals surface area (Å²) >= 11 is 0. The van der Waals surface area contributed by atoms with Gasteiger partial charge in [-0.3, -0.25) is 9.59 Å². The molecule has 0 saturated carbocycles.